The molecule has 0 saturated carbocycles. The summed E-state index contributed by atoms with van der Waals surface area (Å²) in [5, 5.41) is 47.5. The maximum Gasteiger partial charge on any atom is 0.231 e. The van der Waals surface area contributed by atoms with Gasteiger partial charge in [0, 0.05) is 0 Å². The van der Waals surface area contributed by atoms with Crippen molar-refractivity contribution in [3.05, 3.63) is 29.8 Å². The highest BCUT2D eigenvalue weighted by atomic mass is 32.2. The van der Waals surface area contributed by atoms with Crippen LogP contribution in [0, 0.1) is 6.92 Å². The second-order valence-corrected chi connectivity index (χ2v) is 7.64. The van der Waals surface area contributed by atoms with Gasteiger partial charge in [0.25, 0.3) is 0 Å². The summed E-state index contributed by atoms with van der Waals surface area (Å²) in [6.07, 6.45) is -6.76. The predicted octanol–water partition coefficient (Wildman–Crippen LogP) is -2.07. The Balaban J connectivity index is 2.49. The molecular formula is C14H20O8S. The largest absolute Gasteiger partial charge is 0.394 e. The van der Waals surface area contributed by atoms with Crippen molar-refractivity contribution in [2.24, 2.45) is 0 Å². The molecule has 23 heavy (non-hydrogen) atoms. The molecule has 1 aromatic rings. The van der Waals surface area contributed by atoms with E-state index in [-0.39, 0.29) is 4.90 Å². The van der Waals surface area contributed by atoms with Crippen molar-refractivity contribution in [2.75, 3.05) is 13.2 Å². The summed E-state index contributed by atoms with van der Waals surface area (Å²) < 4.78 is 30.8. The molecule has 1 aliphatic heterocycles. The molecule has 5 atom stereocenters. The third kappa shape index (κ3) is 2.89. The summed E-state index contributed by atoms with van der Waals surface area (Å²) in [5.74, 6) is 0. The quantitative estimate of drug-likeness (QED) is 0.353. The number of ether oxygens (including phenoxy) is 1. The Hall–Kier alpha value is -1.07. The van der Waals surface area contributed by atoms with Crippen LogP contribution in [0.15, 0.2) is 29.2 Å². The lowest BCUT2D eigenvalue weighted by molar-refractivity contribution is -0.0353. The Morgan fingerprint density at radius 3 is 2.17 bits per heavy atom. The molecule has 130 valence electrons. The predicted molar refractivity (Wildman–Crippen MR) is 78.2 cm³/mol. The number of hydrogen-bond donors (Lipinski definition) is 5. The first-order chi connectivity index (χ1) is 10.7. The van der Waals surface area contributed by atoms with Gasteiger partial charge in [0.15, 0.2) is 0 Å². The van der Waals surface area contributed by atoms with Crippen molar-refractivity contribution in [3.63, 3.8) is 0 Å². The third-order valence-corrected chi connectivity index (χ3v) is 6.20. The van der Waals surface area contributed by atoms with Gasteiger partial charge < -0.3 is 30.3 Å². The van der Waals surface area contributed by atoms with Crippen molar-refractivity contribution in [3.8, 4) is 0 Å². The summed E-state index contributed by atoms with van der Waals surface area (Å²) in [6.45, 7) is 0.0951. The Kier molecular flexibility index (Phi) is 5.12. The van der Waals surface area contributed by atoms with Crippen LogP contribution in [0.1, 0.15) is 5.56 Å². The lowest BCUT2D eigenvalue weighted by Gasteiger charge is -2.24. The zero-order valence-electron chi connectivity index (χ0n) is 12.4. The van der Waals surface area contributed by atoms with Gasteiger partial charge in [-0.05, 0) is 19.1 Å². The minimum atomic E-state index is -4.32. The molecule has 0 radical (unpaired) electrons. The van der Waals surface area contributed by atoms with Crippen LogP contribution in [-0.2, 0) is 14.6 Å². The van der Waals surface area contributed by atoms with Crippen molar-refractivity contribution >= 4 is 9.84 Å². The Labute approximate surface area is 133 Å². The second kappa shape index (κ2) is 6.44. The van der Waals surface area contributed by atoms with Gasteiger partial charge in [-0.3, -0.25) is 0 Å². The average molecular weight is 348 g/mol. The van der Waals surface area contributed by atoms with Crippen molar-refractivity contribution < 1.29 is 38.7 Å². The van der Waals surface area contributed by atoms with E-state index >= 15 is 0 Å². The monoisotopic (exact) mass is 348 g/mol. The van der Waals surface area contributed by atoms with Gasteiger partial charge in [0.2, 0.25) is 14.8 Å². The zero-order chi connectivity index (χ0) is 17.4. The maximum absolute atomic E-state index is 12.8. The number of aliphatic hydroxyl groups excluding tert-OH is 5. The van der Waals surface area contributed by atoms with Gasteiger partial charge in [-0.25, -0.2) is 8.42 Å². The molecule has 2 rings (SSSR count). The van der Waals surface area contributed by atoms with Gasteiger partial charge >= 0.3 is 0 Å². The van der Waals surface area contributed by atoms with Crippen molar-refractivity contribution in [2.45, 2.75) is 41.2 Å². The fraction of sp³-hybridized carbons (Fsp3) is 0.571. The molecule has 0 aliphatic carbocycles. The molecule has 0 bridgehead atoms. The summed E-state index contributed by atoms with van der Waals surface area (Å²) in [7, 11) is -4.32. The fourth-order valence-corrected chi connectivity index (χ4v) is 4.52. The minimum Gasteiger partial charge on any atom is -0.394 e. The molecule has 1 aromatic carbocycles. The molecule has 1 fully saturated rings. The Morgan fingerprint density at radius 1 is 1.13 bits per heavy atom. The van der Waals surface area contributed by atoms with Crippen LogP contribution in [0.5, 0.6) is 0 Å². The first-order valence-corrected chi connectivity index (χ1v) is 8.45. The van der Waals surface area contributed by atoms with Crippen LogP contribution >= 0.6 is 0 Å². The minimum absolute atomic E-state index is 0.167. The van der Waals surface area contributed by atoms with Gasteiger partial charge in [-0.15, -0.1) is 0 Å². The molecule has 0 spiro atoms. The molecule has 1 heterocycles. The number of hydrogen-bond acceptors (Lipinski definition) is 8. The van der Waals surface area contributed by atoms with E-state index in [1.165, 1.54) is 12.1 Å². The lowest BCUT2D eigenvalue weighted by Crippen LogP contribution is -2.50. The molecular weight excluding hydrogens is 328 g/mol. The average Bonchev–Trinajstić information content (AvgIpc) is 3.30. The molecule has 0 unspecified atom stereocenters. The highest BCUT2D eigenvalue weighted by Gasteiger charge is 2.74. The number of aryl methyl sites for hydroxylation is 1. The smallest absolute Gasteiger partial charge is 0.231 e. The molecule has 1 aliphatic rings. The molecule has 9 heteroatoms. The number of aliphatic hydroxyl groups is 5. The molecule has 0 aromatic heterocycles. The number of benzene rings is 1. The second-order valence-electron chi connectivity index (χ2n) is 5.52. The van der Waals surface area contributed by atoms with Gasteiger partial charge in [-0.2, -0.15) is 0 Å². The zero-order valence-corrected chi connectivity index (χ0v) is 13.2. The van der Waals surface area contributed by atoms with E-state index in [1.807, 2.05) is 0 Å². The standard InChI is InChI=1S/C14H20O8S/c1-8-2-4-9(5-3-8)23(20,21)14(12(19)10(17)6-15)13(22-14)11(18)7-16/h2-5,10-13,15-19H,6-7H2,1H3/t10-,11-,12+,13-,14-/m0/s1. The van der Waals surface area contributed by atoms with Crippen LogP contribution in [0.2, 0.25) is 0 Å². The van der Waals surface area contributed by atoms with E-state index in [2.05, 4.69) is 0 Å². The molecule has 0 amide bonds. The normalized spacial score (nSPS) is 28.2. The van der Waals surface area contributed by atoms with Crippen molar-refractivity contribution in [1.29, 1.82) is 0 Å². The van der Waals surface area contributed by atoms with E-state index in [0.29, 0.717) is 0 Å². The van der Waals surface area contributed by atoms with Crippen LogP contribution in [-0.4, -0.2) is 76.5 Å². The van der Waals surface area contributed by atoms with E-state index in [0.717, 1.165) is 5.56 Å². The Morgan fingerprint density at radius 2 is 1.70 bits per heavy atom. The van der Waals surface area contributed by atoms with Gasteiger partial charge in [0.1, 0.15) is 24.4 Å². The van der Waals surface area contributed by atoms with E-state index in [9.17, 15) is 23.7 Å². The fourth-order valence-electron chi connectivity index (χ4n) is 2.49. The van der Waals surface area contributed by atoms with Crippen LogP contribution < -0.4 is 0 Å². The van der Waals surface area contributed by atoms with Gasteiger partial charge in [-0.1, -0.05) is 17.7 Å². The number of epoxide rings is 1. The van der Waals surface area contributed by atoms with E-state index in [4.69, 9.17) is 14.9 Å². The molecule has 5 N–H and O–H groups in total. The summed E-state index contributed by atoms with van der Waals surface area (Å²) in [6, 6.07) is 5.73. The lowest BCUT2D eigenvalue weighted by atomic mass is 10.1. The van der Waals surface area contributed by atoms with Crippen molar-refractivity contribution in [1.82, 2.24) is 0 Å². The van der Waals surface area contributed by atoms with Crippen LogP contribution in [0.3, 0.4) is 0 Å². The summed E-state index contributed by atoms with van der Waals surface area (Å²) in [4.78, 5) is -2.49. The SMILES string of the molecule is Cc1ccc(S(=O)(=O)[C@]2([C@H](O)[C@@H](O)CO)O[C@H]2[C@@H](O)CO)cc1. The number of rotatable bonds is 7. The van der Waals surface area contributed by atoms with E-state index in [1.54, 1.807) is 19.1 Å². The van der Waals surface area contributed by atoms with Crippen LogP contribution in [0.25, 0.3) is 0 Å². The highest BCUT2D eigenvalue weighted by molar-refractivity contribution is 7.93. The third-order valence-electron chi connectivity index (χ3n) is 3.90. The first kappa shape index (κ1) is 18.3. The van der Waals surface area contributed by atoms with Crippen LogP contribution in [0.4, 0.5) is 0 Å². The number of sulfone groups is 1. The molecule has 8 nitrogen and oxygen atoms in total. The summed E-state index contributed by atoms with van der Waals surface area (Å²) >= 11 is 0. The summed E-state index contributed by atoms with van der Waals surface area (Å²) in [5.41, 5.74) is 0.817. The van der Waals surface area contributed by atoms with E-state index < -0.39 is 52.4 Å². The highest BCUT2D eigenvalue weighted by Crippen LogP contribution is 2.50. The Bertz CT molecular complexity index is 643. The maximum atomic E-state index is 12.8. The van der Waals surface area contributed by atoms with Gasteiger partial charge in [0.05, 0.1) is 18.1 Å². The molecule has 1 saturated heterocycles. The topological polar surface area (TPSA) is 148 Å². The first-order valence-electron chi connectivity index (χ1n) is 6.97.